The molecule has 0 saturated carbocycles. The average Bonchev–Trinajstić information content (AvgIpc) is 3.16. The van der Waals surface area contributed by atoms with Crippen LogP contribution in [0.15, 0.2) is 60.9 Å². The maximum atomic E-state index is 12.6. The molecular weight excluding hydrogens is 302 g/mol. The van der Waals surface area contributed by atoms with Crippen molar-refractivity contribution in [3.8, 4) is 16.9 Å². The minimum Gasteiger partial charge on any atom is -0.496 e. The number of rotatable bonds is 5. The lowest BCUT2D eigenvalue weighted by Gasteiger charge is -2.14. The summed E-state index contributed by atoms with van der Waals surface area (Å²) in [6, 6.07) is 15.2. The molecule has 0 fully saturated rings. The first kappa shape index (κ1) is 15.8. The fraction of sp³-hybridized carbons (Fsp3) is 0.158. The molecule has 0 aliphatic rings. The van der Waals surface area contributed by atoms with E-state index in [1.54, 1.807) is 25.6 Å². The molecule has 0 saturated heterocycles. The van der Waals surface area contributed by atoms with E-state index in [1.807, 2.05) is 49.4 Å². The molecule has 0 bridgehead atoms. The molecular formula is C19H19N3O2. The van der Waals surface area contributed by atoms with Gasteiger partial charge in [-0.3, -0.25) is 9.89 Å². The molecule has 1 amide bonds. The Morgan fingerprint density at radius 3 is 2.67 bits per heavy atom. The Labute approximate surface area is 140 Å². The average molecular weight is 321 g/mol. The topological polar surface area (TPSA) is 67.0 Å². The van der Waals surface area contributed by atoms with Gasteiger partial charge in [-0.15, -0.1) is 0 Å². The maximum absolute atomic E-state index is 12.6. The van der Waals surface area contributed by atoms with Gasteiger partial charge in [0.05, 0.1) is 19.3 Å². The molecule has 1 atom stereocenters. The fourth-order valence-electron chi connectivity index (χ4n) is 2.55. The third-order valence-electron chi connectivity index (χ3n) is 3.91. The van der Waals surface area contributed by atoms with Crippen LogP contribution in [0.4, 0.5) is 0 Å². The van der Waals surface area contributed by atoms with E-state index in [0.717, 1.165) is 22.4 Å². The second-order valence-electron chi connectivity index (χ2n) is 5.51. The van der Waals surface area contributed by atoms with Crippen LogP contribution >= 0.6 is 0 Å². The number of carbonyl (C=O) groups is 1. The molecule has 1 unspecified atom stereocenters. The third-order valence-corrected chi connectivity index (χ3v) is 3.91. The lowest BCUT2D eigenvalue weighted by atomic mass is 10.0. The lowest BCUT2D eigenvalue weighted by Crippen LogP contribution is -2.26. The van der Waals surface area contributed by atoms with E-state index in [9.17, 15) is 4.79 Å². The highest BCUT2D eigenvalue weighted by molar-refractivity contribution is 5.96. The fourth-order valence-corrected chi connectivity index (χ4v) is 2.55. The number of hydrogen-bond donors (Lipinski definition) is 2. The zero-order valence-electron chi connectivity index (χ0n) is 13.6. The number of nitrogens with zero attached hydrogens (tertiary/aromatic N) is 1. The largest absolute Gasteiger partial charge is 0.496 e. The number of hydrogen-bond acceptors (Lipinski definition) is 3. The first-order chi connectivity index (χ1) is 11.7. The monoisotopic (exact) mass is 321 g/mol. The molecule has 3 rings (SSSR count). The summed E-state index contributed by atoms with van der Waals surface area (Å²) in [5.41, 5.74) is 3.42. The number of methoxy groups -OCH3 is 1. The SMILES string of the molecule is COc1ccc(C(=O)NC(C)c2cn[nH]c2)cc1-c1ccccc1. The Hall–Kier alpha value is -3.08. The van der Waals surface area contributed by atoms with Gasteiger partial charge in [-0.25, -0.2) is 0 Å². The Kier molecular flexibility index (Phi) is 4.61. The number of aromatic amines is 1. The molecule has 0 radical (unpaired) electrons. The molecule has 24 heavy (non-hydrogen) atoms. The smallest absolute Gasteiger partial charge is 0.251 e. The van der Waals surface area contributed by atoms with E-state index in [4.69, 9.17) is 4.74 Å². The Morgan fingerprint density at radius 1 is 1.21 bits per heavy atom. The Bertz CT molecular complexity index is 814. The second-order valence-corrected chi connectivity index (χ2v) is 5.51. The van der Waals surface area contributed by atoms with E-state index >= 15 is 0 Å². The van der Waals surface area contributed by atoms with Crippen molar-refractivity contribution in [2.45, 2.75) is 13.0 Å². The van der Waals surface area contributed by atoms with Crippen LogP contribution in [0, 0.1) is 0 Å². The summed E-state index contributed by atoms with van der Waals surface area (Å²) in [5, 5.41) is 9.63. The van der Waals surface area contributed by atoms with E-state index in [-0.39, 0.29) is 11.9 Å². The van der Waals surface area contributed by atoms with Crippen molar-refractivity contribution in [3.05, 3.63) is 72.1 Å². The van der Waals surface area contributed by atoms with Gasteiger partial charge in [-0.05, 0) is 30.7 Å². The molecule has 2 aromatic carbocycles. The van der Waals surface area contributed by atoms with E-state index < -0.39 is 0 Å². The van der Waals surface area contributed by atoms with Crippen LogP contribution in [0.5, 0.6) is 5.75 Å². The summed E-state index contributed by atoms with van der Waals surface area (Å²) in [6.45, 7) is 1.92. The van der Waals surface area contributed by atoms with Gasteiger partial charge in [-0.2, -0.15) is 5.10 Å². The second kappa shape index (κ2) is 7.00. The summed E-state index contributed by atoms with van der Waals surface area (Å²) >= 11 is 0. The zero-order chi connectivity index (χ0) is 16.9. The standard InChI is InChI=1S/C19H19N3O2/c1-13(16-11-20-21-12-16)22-19(23)15-8-9-18(24-2)17(10-15)14-6-4-3-5-7-14/h3-13H,1-2H3,(H,20,21)(H,22,23). The van der Waals surface area contributed by atoms with Crippen LogP contribution in [0.25, 0.3) is 11.1 Å². The maximum Gasteiger partial charge on any atom is 0.251 e. The minimum atomic E-state index is -0.136. The highest BCUT2D eigenvalue weighted by atomic mass is 16.5. The summed E-state index contributed by atoms with van der Waals surface area (Å²) in [4.78, 5) is 12.6. The normalized spacial score (nSPS) is 11.8. The van der Waals surface area contributed by atoms with Gasteiger partial charge >= 0.3 is 0 Å². The number of nitrogens with one attached hydrogen (secondary N) is 2. The number of aromatic nitrogens is 2. The highest BCUT2D eigenvalue weighted by Crippen LogP contribution is 2.30. The van der Waals surface area contributed by atoms with Crippen molar-refractivity contribution in [2.75, 3.05) is 7.11 Å². The number of carbonyl (C=O) groups excluding carboxylic acids is 1. The predicted molar refractivity (Wildman–Crippen MR) is 92.9 cm³/mol. The van der Waals surface area contributed by atoms with E-state index in [1.165, 1.54) is 0 Å². The van der Waals surface area contributed by atoms with Gasteiger partial charge in [0.15, 0.2) is 0 Å². The molecule has 0 spiro atoms. The number of H-pyrrole nitrogens is 1. The minimum absolute atomic E-state index is 0.126. The zero-order valence-corrected chi connectivity index (χ0v) is 13.6. The van der Waals surface area contributed by atoms with Gasteiger partial charge in [0.2, 0.25) is 0 Å². The van der Waals surface area contributed by atoms with Crippen LogP contribution < -0.4 is 10.1 Å². The predicted octanol–water partition coefficient (Wildman–Crippen LogP) is 3.58. The Morgan fingerprint density at radius 2 is 2.00 bits per heavy atom. The van der Waals surface area contributed by atoms with Crippen molar-refractivity contribution < 1.29 is 9.53 Å². The molecule has 0 aliphatic carbocycles. The van der Waals surface area contributed by atoms with Gasteiger partial charge < -0.3 is 10.1 Å². The molecule has 5 heteroatoms. The highest BCUT2D eigenvalue weighted by Gasteiger charge is 2.15. The van der Waals surface area contributed by atoms with Crippen molar-refractivity contribution in [1.29, 1.82) is 0 Å². The van der Waals surface area contributed by atoms with Gasteiger partial charge in [0.25, 0.3) is 5.91 Å². The van der Waals surface area contributed by atoms with Crippen molar-refractivity contribution >= 4 is 5.91 Å². The Balaban J connectivity index is 1.87. The number of ether oxygens (including phenoxy) is 1. The third kappa shape index (κ3) is 3.30. The molecule has 122 valence electrons. The van der Waals surface area contributed by atoms with Crippen molar-refractivity contribution in [2.24, 2.45) is 0 Å². The van der Waals surface area contributed by atoms with Gasteiger partial charge in [0, 0.05) is 22.9 Å². The van der Waals surface area contributed by atoms with Gasteiger partial charge in [0.1, 0.15) is 5.75 Å². The summed E-state index contributed by atoms with van der Waals surface area (Å²) in [5.74, 6) is 0.601. The van der Waals surface area contributed by atoms with Crippen LogP contribution in [0.3, 0.4) is 0 Å². The molecule has 3 aromatic rings. The molecule has 1 heterocycles. The van der Waals surface area contributed by atoms with Crippen molar-refractivity contribution in [3.63, 3.8) is 0 Å². The number of benzene rings is 2. The molecule has 0 aliphatic heterocycles. The van der Waals surface area contributed by atoms with Crippen LogP contribution in [0.2, 0.25) is 0 Å². The summed E-state index contributed by atoms with van der Waals surface area (Å²) in [6.07, 6.45) is 3.47. The first-order valence-corrected chi connectivity index (χ1v) is 7.72. The summed E-state index contributed by atoms with van der Waals surface area (Å²) in [7, 11) is 1.63. The van der Waals surface area contributed by atoms with Crippen LogP contribution in [-0.4, -0.2) is 23.2 Å². The van der Waals surface area contributed by atoms with E-state index in [2.05, 4.69) is 15.5 Å². The lowest BCUT2D eigenvalue weighted by molar-refractivity contribution is 0.0940. The molecule has 1 aromatic heterocycles. The number of amides is 1. The molecule has 2 N–H and O–H groups in total. The van der Waals surface area contributed by atoms with E-state index in [0.29, 0.717) is 5.56 Å². The summed E-state index contributed by atoms with van der Waals surface area (Å²) < 4.78 is 5.43. The van der Waals surface area contributed by atoms with Crippen molar-refractivity contribution in [1.82, 2.24) is 15.5 Å². The molecule has 5 nitrogen and oxygen atoms in total. The first-order valence-electron chi connectivity index (χ1n) is 7.72. The van der Waals surface area contributed by atoms with Gasteiger partial charge in [-0.1, -0.05) is 30.3 Å². The van der Waals surface area contributed by atoms with Crippen LogP contribution in [-0.2, 0) is 0 Å². The quantitative estimate of drug-likeness (QED) is 0.755. The van der Waals surface area contributed by atoms with Crippen LogP contribution in [0.1, 0.15) is 28.9 Å².